The number of amidine groups is 1. The SMILES string of the molecule is Cc1ccc(C(=O)N=C2Cc3ccc(CN4CCN(CC(=O)O)CC4)cc3N2C2CCC(C(=O)NC(C)C)CC2)cc1. The number of nitrogens with one attached hydrogen (secondary N) is 1. The van der Waals surface area contributed by atoms with Crippen molar-refractivity contribution < 1.29 is 19.5 Å². The standard InChI is InChI=1S/C33H43N5O4/c1-22(2)34-32(41)26-10-12-28(13-11-26)38-29-18-24(20-36-14-16-37(17-15-36)21-31(39)40)6-9-27(29)19-30(38)35-33(42)25-7-4-23(3)5-8-25/h4-9,18,22,26,28H,10-17,19-21H2,1-3H3,(H,34,41)(H,39,40). The number of carboxylic acids is 1. The van der Waals surface area contributed by atoms with Crippen LogP contribution in [-0.4, -0.2) is 83.3 Å². The van der Waals surface area contributed by atoms with Gasteiger partial charge in [-0.1, -0.05) is 29.8 Å². The van der Waals surface area contributed by atoms with Gasteiger partial charge in [-0.25, -0.2) is 0 Å². The summed E-state index contributed by atoms with van der Waals surface area (Å²) in [7, 11) is 0. The smallest absolute Gasteiger partial charge is 0.317 e. The molecule has 1 saturated carbocycles. The molecule has 5 rings (SSSR count). The van der Waals surface area contributed by atoms with Crippen molar-refractivity contribution in [1.82, 2.24) is 15.1 Å². The molecule has 224 valence electrons. The minimum atomic E-state index is -0.782. The van der Waals surface area contributed by atoms with Gasteiger partial charge in [0, 0.05) is 68.4 Å². The number of benzene rings is 2. The zero-order valence-corrected chi connectivity index (χ0v) is 25.0. The number of aliphatic carboxylic acids is 1. The Labute approximate surface area is 248 Å². The van der Waals surface area contributed by atoms with Gasteiger partial charge >= 0.3 is 5.97 Å². The van der Waals surface area contributed by atoms with E-state index < -0.39 is 5.97 Å². The molecule has 0 spiro atoms. The predicted octanol–water partition coefficient (Wildman–Crippen LogP) is 3.88. The Morgan fingerprint density at radius 3 is 2.26 bits per heavy atom. The molecule has 2 N–H and O–H groups in total. The Kier molecular flexibility index (Phi) is 9.38. The van der Waals surface area contributed by atoms with Gasteiger partial charge in [-0.05, 0) is 75.8 Å². The number of carbonyl (C=O) groups excluding carboxylic acids is 2. The first kappa shape index (κ1) is 29.9. The Balaban J connectivity index is 1.35. The molecular weight excluding hydrogens is 530 g/mol. The number of carbonyl (C=O) groups is 3. The van der Waals surface area contributed by atoms with Gasteiger partial charge in [-0.15, -0.1) is 0 Å². The van der Waals surface area contributed by atoms with Crippen LogP contribution in [0.25, 0.3) is 0 Å². The van der Waals surface area contributed by atoms with Gasteiger partial charge in [0.1, 0.15) is 5.84 Å². The third-order valence-electron chi connectivity index (χ3n) is 8.66. The zero-order chi connectivity index (χ0) is 29.8. The number of rotatable bonds is 8. The third kappa shape index (κ3) is 7.25. The maximum atomic E-state index is 13.2. The van der Waals surface area contributed by atoms with Crippen molar-refractivity contribution in [2.45, 2.75) is 71.5 Å². The maximum absolute atomic E-state index is 13.2. The molecule has 0 radical (unpaired) electrons. The molecule has 2 aromatic carbocycles. The summed E-state index contributed by atoms with van der Waals surface area (Å²) in [5.74, 6) is -0.0710. The highest BCUT2D eigenvalue weighted by atomic mass is 16.4. The first-order chi connectivity index (χ1) is 20.2. The number of fused-ring (bicyclic) bond motifs is 1. The molecule has 0 aromatic heterocycles. The normalized spacial score (nSPS) is 22.4. The minimum absolute atomic E-state index is 0.0198. The second-order valence-corrected chi connectivity index (χ2v) is 12.3. The van der Waals surface area contributed by atoms with Crippen molar-refractivity contribution in [3.8, 4) is 0 Å². The molecule has 9 heteroatoms. The molecule has 2 fully saturated rings. The van der Waals surface area contributed by atoms with Gasteiger partial charge in [0.15, 0.2) is 0 Å². The van der Waals surface area contributed by atoms with Gasteiger partial charge < -0.3 is 15.3 Å². The summed E-state index contributed by atoms with van der Waals surface area (Å²) in [6, 6.07) is 14.4. The van der Waals surface area contributed by atoms with Crippen LogP contribution in [0.5, 0.6) is 0 Å². The number of hydrogen-bond donors (Lipinski definition) is 2. The number of carboxylic acid groups (broad SMARTS) is 1. The maximum Gasteiger partial charge on any atom is 0.317 e. The van der Waals surface area contributed by atoms with Crippen LogP contribution in [-0.2, 0) is 22.6 Å². The summed E-state index contributed by atoms with van der Waals surface area (Å²) in [4.78, 5) is 48.3. The van der Waals surface area contributed by atoms with E-state index in [0.717, 1.165) is 75.5 Å². The summed E-state index contributed by atoms with van der Waals surface area (Å²) in [6.45, 7) is 10.0. The van der Waals surface area contributed by atoms with E-state index in [2.05, 4.69) is 38.3 Å². The molecular formula is C33H43N5O4. The summed E-state index contributed by atoms with van der Waals surface area (Å²) >= 11 is 0. The highest BCUT2D eigenvalue weighted by Gasteiger charge is 2.36. The summed E-state index contributed by atoms with van der Waals surface area (Å²) in [5.41, 5.74) is 5.16. The number of hydrogen-bond acceptors (Lipinski definition) is 5. The average Bonchev–Trinajstić information content (AvgIpc) is 3.30. The quantitative estimate of drug-likeness (QED) is 0.494. The van der Waals surface area contributed by atoms with E-state index in [-0.39, 0.29) is 36.4 Å². The molecule has 9 nitrogen and oxygen atoms in total. The molecule has 42 heavy (non-hydrogen) atoms. The lowest BCUT2D eigenvalue weighted by atomic mass is 9.84. The minimum Gasteiger partial charge on any atom is -0.480 e. The topological polar surface area (TPSA) is 106 Å². The molecule has 1 saturated heterocycles. The molecule has 0 atom stereocenters. The van der Waals surface area contributed by atoms with Crippen molar-refractivity contribution in [2.24, 2.45) is 10.9 Å². The van der Waals surface area contributed by atoms with Crippen LogP contribution in [0.1, 0.15) is 66.6 Å². The fourth-order valence-electron chi connectivity index (χ4n) is 6.41. The number of aryl methyl sites for hydroxylation is 1. The van der Waals surface area contributed by atoms with E-state index in [0.29, 0.717) is 12.0 Å². The summed E-state index contributed by atoms with van der Waals surface area (Å²) in [6.07, 6.45) is 3.96. The van der Waals surface area contributed by atoms with Crippen molar-refractivity contribution >= 4 is 29.3 Å². The number of piperazine rings is 1. The fraction of sp³-hybridized carbons (Fsp3) is 0.515. The van der Waals surface area contributed by atoms with Crippen LogP contribution in [0.2, 0.25) is 0 Å². The molecule has 2 aromatic rings. The largest absolute Gasteiger partial charge is 0.480 e. The highest BCUT2D eigenvalue weighted by Crippen LogP contribution is 2.38. The van der Waals surface area contributed by atoms with Crippen LogP contribution >= 0.6 is 0 Å². The summed E-state index contributed by atoms with van der Waals surface area (Å²) < 4.78 is 0. The molecule has 3 aliphatic rings. The van der Waals surface area contributed by atoms with Crippen LogP contribution < -0.4 is 10.2 Å². The van der Waals surface area contributed by atoms with Crippen LogP contribution in [0.3, 0.4) is 0 Å². The van der Waals surface area contributed by atoms with Gasteiger partial charge in [0.25, 0.3) is 5.91 Å². The van der Waals surface area contributed by atoms with E-state index in [1.54, 1.807) is 0 Å². The van der Waals surface area contributed by atoms with Gasteiger partial charge in [0.2, 0.25) is 5.91 Å². The second kappa shape index (κ2) is 13.2. The van der Waals surface area contributed by atoms with Crippen LogP contribution in [0.4, 0.5) is 5.69 Å². The van der Waals surface area contributed by atoms with Crippen LogP contribution in [0, 0.1) is 12.8 Å². The number of nitrogens with zero attached hydrogens (tertiary/aromatic N) is 4. The molecule has 0 bridgehead atoms. The Bertz CT molecular complexity index is 1320. The van der Waals surface area contributed by atoms with E-state index in [4.69, 9.17) is 5.11 Å². The summed E-state index contributed by atoms with van der Waals surface area (Å²) in [5, 5.41) is 12.2. The van der Waals surface area contributed by atoms with Gasteiger partial charge in [-0.2, -0.15) is 4.99 Å². The van der Waals surface area contributed by atoms with Crippen molar-refractivity contribution in [3.05, 3.63) is 64.7 Å². The predicted molar refractivity (Wildman–Crippen MR) is 164 cm³/mol. The zero-order valence-electron chi connectivity index (χ0n) is 25.0. The second-order valence-electron chi connectivity index (χ2n) is 12.3. The van der Waals surface area contributed by atoms with Gasteiger partial charge in [-0.3, -0.25) is 24.2 Å². The molecule has 2 heterocycles. The van der Waals surface area contributed by atoms with Crippen molar-refractivity contribution in [2.75, 3.05) is 37.6 Å². The number of aliphatic imine (C=N–C) groups is 1. The van der Waals surface area contributed by atoms with E-state index in [9.17, 15) is 14.4 Å². The number of anilines is 1. The molecule has 2 aliphatic heterocycles. The van der Waals surface area contributed by atoms with Crippen molar-refractivity contribution in [1.29, 1.82) is 0 Å². The monoisotopic (exact) mass is 573 g/mol. The van der Waals surface area contributed by atoms with E-state index in [1.165, 1.54) is 11.1 Å². The number of amides is 2. The third-order valence-corrected chi connectivity index (χ3v) is 8.66. The Morgan fingerprint density at radius 1 is 0.952 bits per heavy atom. The molecule has 2 amide bonds. The lowest BCUT2D eigenvalue weighted by molar-refractivity contribution is -0.138. The average molecular weight is 574 g/mol. The Hall–Kier alpha value is -3.56. The molecule has 0 unspecified atom stereocenters. The highest BCUT2D eigenvalue weighted by molar-refractivity contribution is 6.12. The van der Waals surface area contributed by atoms with Gasteiger partial charge in [0.05, 0.1) is 6.54 Å². The van der Waals surface area contributed by atoms with E-state index in [1.807, 2.05) is 49.9 Å². The lowest BCUT2D eigenvalue weighted by Crippen LogP contribution is -2.47. The first-order valence-corrected chi connectivity index (χ1v) is 15.2. The first-order valence-electron chi connectivity index (χ1n) is 15.2. The van der Waals surface area contributed by atoms with Crippen molar-refractivity contribution in [3.63, 3.8) is 0 Å². The molecule has 1 aliphatic carbocycles. The lowest BCUT2D eigenvalue weighted by Gasteiger charge is -2.36. The van der Waals surface area contributed by atoms with E-state index >= 15 is 0 Å². The Morgan fingerprint density at radius 2 is 1.62 bits per heavy atom. The fourth-order valence-corrected chi connectivity index (χ4v) is 6.41. The van der Waals surface area contributed by atoms with Crippen LogP contribution in [0.15, 0.2) is 47.5 Å².